The zero-order valence-electron chi connectivity index (χ0n) is 10.8. The first kappa shape index (κ1) is 16.4. The lowest BCUT2D eigenvalue weighted by atomic mass is 10.2. The average molecular weight is 253 g/mol. The minimum absolute atomic E-state index is 0. The number of rotatable bonds is 2. The Morgan fingerprint density at radius 2 is 1.78 bits per heavy atom. The number of carbonyl (C=O) groups is 1. The van der Waals surface area contributed by atoms with Gasteiger partial charge in [0.05, 0.1) is 0 Å². The molecule has 6 nitrogen and oxygen atoms in total. The van der Waals surface area contributed by atoms with E-state index >= 15 is 0 Å². The third-order valence-electron chi connectivity index (χ3n) is 2.19. The first-order valence-corrected chi connectivity index (χ1v) is 5.76. The minimum atomic E-state index is 0. The van der Waals surface area contributed by atoms with E-state index in [1.807, 2.05) is 13.8 Å². The van der Waals surface area contributed by atoms with Gasteiger partial charge >= 0.3 is 0 Å². The predicted molar refractivity (Wildman–Crippen MR) is 74.0 cm³/mol. The summed E-state index contributed by atoms with van der Waals surface area (Å²) in [6, 6.07) is 0. The molecule has 2 rings (SSSR count). The van der Waals surface area contributed by atoms with Gasteiger partial charge in [-0.2, -0.15) is 5.11 Å². The van der Waals surface area contributed by atoms with Gasteiger partial charge in [-0.3, -0.25) is 9.79 Å². The second kappa shape index (κ2) is 7.68. The molecule has 0 unspecified atom stereocenters. The molecule has 0 aliphatic carbocycles. The van der Waals surface area contributed by atoms with Gasteiger partial charge in [0.15, 0.2) is 6.67 Å². The Bertz CT molecular complexity index is 369. The molecule has 2 aliphatic rings. The van der Waals surface area contributed by atoms with Gasteiger partial charge in [0, 0.05) is 11.8 Å². The highest BCUT2D eigenvalue weighted by atomic mass is 16.2. The monoisotopic (exact) mass is 253 g/mol. The van der Waals surface area contributed by atoms with E-state index in [9.17, 15) is 4.79 Å². The van der Waals surface area contributed by atoms with Gasteiger partial charge in [0.25, 0.3) is 0 Å². The van der Waals surface area contributed by atoms with Crippen molar-refractivity contribution in [2.75, 3.05) is 13.2 Å². The molecule has 0 radical (unpaired) electrons. The zero-order valence-corrected chi connectivity index (χ0v) is 10.8. The normalized spacial score (nSPS) is 16.9. The van der Waals surface area contributed by atoms with Crippen LogP contribution in [-0.2, 0) is 4.79 Å². The maximum Gasteiger partial charge on any atom is 0.247 e. The summed E-state index contributed by atoms with van der Waals surface area (Å²) in [5, 5.41) is 10.2. The molecule has 1 N–H and O–H groups in total. The third kappa shape index (κ3) is 5.16. The van der Waals surface area contributed by atoms with Gasteiger partial charge in [-0.15, -0.1) is 5.11 Å². The van der Waals surface area contributed by atoms with Crippen LogP contribution in [0.15, 0.2) is 20.2 Å². The van der Waals surface area contributed by atoms with E-state index in [1.54, 1.807) is 0 Å². The first-order valence-electron chi connectivity index (χ1n) is 5.76. The summed E-state index contributed by atoms with van der Waals surface area (Å²) in [4.78, 5) is 18.5. The lowest BCUT2D eigenvalue weighted by molar-refractivity contribution is -0.117. The zero-order chi connectivity index (χ0) is 12.8. The standard InChI is InChI=1S/C6H10N2O.C5H9N3.CH4/c1-4(2)6-7-3-5(9)8-6;1-4(2)5-6-3-7-8-5;/h4H,3H2,1-2H3,(H,7,8,9);4H,3H2,1-2H3;1H4. The second-order valence-electron chi connectivity index (χ2n) is 4.46. The molecule has 0 fully saturated rings. The molecule has 0 aromatic rings. The Balaban J connectivity index is 0.000000306. The molecule has 0 saturated heterocycles. The summed E-state index contributed by atoms with van der Waals surface area (Å²) in [5.41, 5.74) is 0. The fraction of sp³-hybridized carbons (Fsp3) is 0.750. The van der Waals surface area contributed by atoms with Crippen LogP contribution in [0.4, 0.5) is 0 Å². The molecule has 18 heavy (non-hydrogen) atoms. The number of aliphatic imine (C=N–C) groups is 2. The van der Waals surface area contributed by atoms with Crippen LogP contribution in [0.2, 0.25) is 0 Å². The van der Waals surface area contributed by atoms with Gasteiger partial charge in [-0.25, -0.2) is 4.99 Å². The number of nitrogens with one attached hydrogen (secondary N) is 1. The van der Waals surface area contributed by atoms with Crippen molar-refractivity contribution in [3.05, 3.63) is 0 Å². The summed E-state index contributed by atoms with van der Waals surface area (Å²) < 4.78 is 0. The van der Waals surface area contributed by atoms with Gasteiger partial charge in [0.1, 0.15) is 18.2 Å². The molecule has 0 bridgehead atoms. The van der Waals surface area contributed by atoms with E-state index in [-0.39, 0.29) is 13.3 Å². The second-order valence-corrected chi connectivity index (χ2v) is 4.46. The largest absolute Gasteiger partial charge is 0.313 e. The third-order valence-corrected chi connectivity index (χ3v) is 2.19. The van der Waals surface area contributed by atoms with E-state index in [2.05, 4.69) is 39.4 Å². The Hall–Kier alpha value is -1.59. The fourth-order valence-corrected chi connectivity index (χ4v) is 1.24. The maximum absolute atomic E-state index is 10.5. The summed E-state index contributed by atoms with van der Waals surface area (Å²) in [6.07, 6.45) is 0. The van der Waals surface area contributed by atoms with Crippen molar-refractivity contribution in [2.24, 2.45) is 32.0 Å². The van der Waals surface area contributed by atoms with Crippen LogP contribution in [0.1, 0.15) is 35.1 Å². The molecule has 2 heterocycles. The first-order chi connectivity index (χ1) is 8.00. The molecule has 0 saturated carbocycles. The van der Waals surface area contributed by atoms with E-state index in [4.69, 9.17) is 0 Å². The van der Waals surface area contributed by atoms with Crippen molar-refractivity contribution >= 4 is 17.6 Å². The van der Waals surface area contributed by atoms with Crippen LogP contribution >= 0.6 is 0 Å². The van der Waals surface area contributed by atoms with E-state index < -0.39 is 0 Å². The molecule has 102 valence electrons. The van der Waals surface area contributed by atoms with Crippen LogP contribution in [0.3, 0.4) is 0 Å². The van der Waals surface area contributed by atoms with Crippen molar-refractivity contribution in [3.63, 3.8) is 0 Å². The Labute approximate surface area is 109 Å². The highest BCUT2D eigenvalue weighted by Crippen LogP contribution is 2.04. The number of hydrogen-bond donors (Lipinski definition) is 1. The van der Waals surface area contributed by atoms with Crippen LogP contribution in [-0.4, -0.2) is 30.8 Å². The summed E-state index contributed by atoms with van der Waals surface area (Å²) in [7, 11) is 0. The molecular formula is C12H23N5O. The predicted octanol–water partition coefficient (Wildman–Crippen LogP) is 2.27. The van der Waals surface area contributed by atoms with Crippen LogP contribution in [0.25, 0.3) is 0 Å². The molecule has 0 atom stereocenters. The quantitative estimate of drug-likeness (QED) is 0.805. The Kier molecular flexibility index (Phi) is 7.00. The molecule has 6 heteroatoms. The minimum Gasteiger partial charge on any atom is -0.313 e. The van der Waals surface area contributed by atoms with Crippen molar-refractivity contribution in [3.8, 4) is 0 Å². The van der Waals surface area contributed by atoms with Crippen molar-refractivity contribution in [1.82, 2.24) is 5.32 Å². The van der Waals surface area contributed by atoms with Crippen molar-refractivity contribution in [1.29, 1.82) is 0 Å². The molecule has 0 spiro atoms. The number of azo groups is 1. The molecule has 2 aliphatic heterocycles. The number of amides is 1. The smallest absolute Gasteiger partial charge is 0.247 e. The molecule has 0 aromatic heterocycles. The summed E-state index contributed by atoms with van der Waals surface area (Å²) >= 11 is 0. The van der Waals surface area contributed by atoms with Gasteiger partial charge in [-0.05, 0) is 0 Å². The SMILES string of the molecule is C.CC(C)C1=NCC(=O)N1.CC(C)C1=NCN=N1. The lowest BCUT2D eigenvalue weighted by Crippen LogP contribution is -2.27. The molecular weight excluding hydrogens is 230 g/mol. The highest BCUT2D eigenvalue weighted by molar-refractivity contribution is 6.04. The van der Waals surface area contributed by atoms with Crippen LogP contribution in [0.5, 0.6) is 0 Å². The summed E-state index contributed by atoms with van der Waals surface area (Å²) in [6.45, 7) is 8.97. The van der Waals surface area contributed by atoms with Gasteiger partial charge < -0.3 is 5.32 Å². The number of nitrogens with zero attached hydrogens (tertiary/aromatic N) is 4. The number of amidine groups is 2. The fourth-order valence-electron chi connectivity index (χ4n) is 1.24. The average Bonchev–Trinajstić information content (AvgIpc) is 2.87. The lowest BCUT2D eigenvalue weighted by Gasteiger charge is -2.01. The topological polar surface area (TPSA) is 78.5 Å². The molecule has 0 aromatic carbocycles. The van der Waals surface area contributed by atoms with E-state index in [1.165, 1.54) is 0 Å². The number of hydrogen-bond acceptors (Lipinski definition) is 5. The van der Waals surface area contributed by atoms with Gasteiger partial charge in [0.2, 0.25) is 5.91 Å². The summed E-state index contributed by atoms with van der Waals surface area (Å²) in [5.74, 6) is 2.49. The van der Waals surface area contributed by atoms with Crippen molar-refractivity contribution < 1.29 is 4.79 Å². The van der Waals surface area contributed by atoms with Crippen LogP contribution < -0.4 is 5.32 Å². The maximum atomic E-state index is 10.5. The van der Waals surface area contributed by atoms with E-state index in [0.29, 0.717) is 25.0 Å². The van der Waals surface area contributed by atoms with Gasteiger partial charge in [-0.1, -0.05) is 35.1 Å². The number of carbonyl (C=O) groups excluding carboxylic acids is 1. The Morgan fingerprint density at radius 3 is 2.00 bits per heavy atom. The molecule has 1 amide bonds. The van der Waals surface area contributed by atoms with Crippen LogP contribution in [0, 0.1) is 11.8 Å². The highest BCUT2D eigenvalue weighted by Gasteiger charge is 2.14. The van der Waals surface area contributed by atoms with E-state index in [0.717, 1.165) is 11.7 Å². The Morgan fingerprint density at radius 1 is 1.11 bits per heavy atom. The van der Waals surface area contributed by atoms with Crippen molar-refractivity contribution in [2.45, 2.75) is 35.1 Å².